The minimum Gasteiger partial charge on any atom is -0.373 e. The van der Waals surface area contributed by atoms with Gasteiger partial charge in [0, 0.05) is 24.2 Å². The SMILES string of the molecule is C#CC[C@@H](Nc1ccc([N+](=O)[O-])cc1)C(N)=O. The monoisotopic (exact) mass is 233 g/mol. The molecule has 0 aliphatic heterocycles. The Kier molecular flexibility index (Phi) is 4.06. The molecule has 88 valence electrons. The maximum atomic E-state index is 11.0. The Morgan fingerprint density at radius 1 is 1.53 bits per heavy atom. The first-order valence-corrected chi connectivity index (χ1v) is 4.78. The first-order valence-electron chi connectivity index (χ1n) is 4.78. The molecule has 0 saturated heterocycles. The van der Waals surface area contributed by atoms with Crippen LogP contribution < -0.4 is 11.1 Å². The van der Waals surface area contributed by atoms with Gasteiger partial charge < -0.3 is 11.1 Å². The Labute approximate surface area is 98.0 Å². The number of anilines is 1. The number of carbonyl (C=O) groups excluding carboxylic acids is 1. The summed E-state index contributed by atoms with van der Waals surface area (Å²) in [7, 11) is 0. The van der Waals surface area contributed by atoms with Crippen LogP contribution in [0, 0.1) is 22.5 Å². The van der Waals surface area contributed by atoms with Crippen LogP contribution in [0.5, 0.6) is 0 Å². The van der Waals surface area contributed by atoms with Gasteiger partial charge in [-0.1, -0.05) is 0 Å². The first kappa shape index (κ1) is 12.5. The third kappa shape index (κ3) is 3.50. The van der Waals surface area contributed by atoms with Crippen LogP contribution >= 0.6 is 0 Å². The van der Waals surface area contributed by atoms with Crippen molar-refractivity contribution in [1.29, 1.82) is 0 Å². The van der Waals surface area contributed by atoms with Crippen LogP contribution in [-0.2, 0) is 4.79 Å². The Morgan fingerprint density at radius 3 is 2.53 bits per heavy atom. The molecule has 0 spiro atoms. The second-order valence-electron chi connectivity index (χ2n) is 3.31. The molecule has 1 atom stereocenters. The highest BCUT2D eigenvalue weighted by molar-refractivity contribution is 5.83. The van der Waals surface area contributed by atoms with Crippen LogP contribution in [0.25, 0.3) is 0 Å². The van der Waals surface area contributed by atoms with Crippen LogP contribution in [0.1, 0.15) is 6.42 Å². The largest absolute Gasteiger partial charge is 0.373 e. The maximum Gasteiger partial charge on any atom is 0.269 e. The van der Waals surface area contributed by atoms with E-state index in [1.165, 1.54) is 24.3 Å². The number of nitrogens with two attached hydrogens (primary N) is 1. The molecule has 0 aromatic heterocycles. The number of benzene rings is 1. The summed E-state index contributed by atoms with van der Waals surface area (Å²) in [6.45, 7) is 0. The number of hydrogen-bond donors (Lipinski definition) is 2. The number of primary amides is 1. The van der Waals surface area contributed by atoms with Gasteiger partial charge in [-0.15, -0.1) is 12.3 Å². The number of carbonyl (C=O) groups is 1. The highest BCUT2D eigenvalue weighted by Gasteiger charge is 2.14. The average Bonchev–Trinajstić information content (AvgIpc) is 2.29. The number of nitro groups is 1. The van der Waals surface area contributed by atoms with Gasteiger partial charge in [-0.3, -0.25) is 14.9 Å². The topological polar surface area (TPSA) is 98.3 Å². The Morgan fingerprint density at radius 2 is 2.12 bits per heavy atom. The smallest absolute Gasteiger partial charge is 0.269 e. The normalized spacial score (nSPS) is 11.2. The fourth-order valence-electron chi connectivity index (χ4n) is 1.22. The fourth-order valence-corrected chi connectivity index (χ4v) is 1.22. The number of amides is 1. The molecule has 0 aliphatic carbocycles. The van der Waals surface area contributed by atoms with Crippen molar-refractivity contribution in [3.05, 3.63) is 34.4 Å². The third-order valence-electron chi connectivity index (χ3n) is 2.08. The van der Waals surface area contributed by atoms with Gasteiger partial charge >= 0.3 is 0 Å². The molecule has 1 amide bonds. The summed E-state index contributed by atoms with van der Waals surface area (Å²) in [5.74, 6) is 1.76. The van der Waals surface area contributed by atoms with Gasteiger partial charge in [0.1, 0.15) is 6.04 Å². The molecule has 0 radical (unpaired) electrons. The Hall–Kier alpha value is -2.55. The van der Waals surface area contributed by atoms with Crippen LogP contribution in [0.15, 0.2) is 24.3 Å². The zero-order valence-electron chi connectivity index (χ0n) is 8.92. The summed E-state index contributed by atoms with van der Waals surface area (Å²) < 4.78 is 0. The summed E-state index contributed by atoms with van der Waals surface area (Å²) in [6, 6.07) is 4.96. The van der Waals surface area contributed by atoms with Crippen molar-refractivity contribution in [2.24, 2.45) is 5.73 Å². The van der Waals surface area contributed by atoms with E-state index in [1.54, 1.807) is 0 Å². The van der Waals surface area contributed by atoms with Gasteiger partial charge in [-0.05, 0) is 12.1 Å². The summed E-state index contributed by atoms with van der Waals surface area (Å²) in [5, 5.41) is 13.2. The summed E-state index contributed by atoms with van der Waals surface area (Å²) in [4.78, 5) is 21.0. The van der Waals surface area contributed by atoms with Gasteiger partial charge in [0.15, 0.2) is 0 Å². The predicted octanol–water partition coefficient (Wildman–Crippen LogP) is 0.884. The molecule has 0 heterocycles. The van der Waals surface area contributed by atoms with Crippen LogP contribution in [0.4, 0.5) is 11.4 Å². The van der Waals surface area contributed by atoms with E-state index >= 15 is 0 Å². The van der Waals surface area contributed by atoms with E-state index in [0.717, 1.165) is 0 Å². The van der Waals surface area contributed by atoms with Crippen molar-refractivity contribution in [3.8, 4) is 12.3 Å². The first-order chi connectivity index (χ1) is 8.04. The molecule has 0 fully saturated rings. The lowest BCUT2D eigenvalue weighted by atomic mass is 10.2. The molecular formula is C11H11N3O3. The third-order valence-corrected chi connectivity index (χ3v) is 2.08. The molecule has 1 aromatic rings. The minimum atomic E-state index is -0.679. The standard InChI is InChI=1S/C11H11N3O3/c1-2-3-10(11(12)15)13-8-4-6-9(7-5-8)14(16)17/h1,4-7,10,13H,3H2,(H2,12,15)/t10-/m1/s1. The number of terminal acetylenes is 1. The van der Waals surface area contributed by atoms with E-state index in [2.05, 4.69) is 11.2 Å². The highest BCUT2D eigenvalue weighted by atomic mass is 16.6. The number of non-ortho nitro benzene ring substituents is 1. The molecule has 0 unspecified atom stereocenters. The number of hydrogen-bond acceptors (Lipinski definition) is 4. The lowest BCUT2D eigenvalue weighted by molar-refractivity contribution is -0.384. The highest BCUT2D eigenvalue weighted by Crippen LogP contribution is 2.16. The molecule has 1 aromatic carbocycles. The summed E-state index contributed by atoms with van der Waals surface area (Å²) >= 11 is 0. The number of rotatable bonds is 5. The maximum absolute atomic E-state index is 11.0. The van der Waals surface area contributed by atoms with E-state index in [0.29, 0.717) is 5.69 Å². The molecule has 6 nitrogen and oxygen atoms in total. The van der Waals surface area contributed by atoms with E-state index < -0.39 is 16.9 Å². The zero-order valence-corrected chi connectivity index (χ0v) is 8.92. The second kappa shape index (κ2) is 5.51. The van der Waals surface area contributed by atoms with Gasteiger partial charge in [0.05, 0.1) is 4.92 Å². The van der Waals surface area contributed by atoms with E-state index in [4.69, 9.17) is 12.2 Å². The van der Waals surface area contributed by atoms with Crippen molar-refractivity contribution in [3.63, 3.8) is 0 Å². The van der Waals surface area contributed by atoms with Crippen molar-refractivity contribution >= 4 is 17.3 Å². The van der Waals surface area contributed by atoms with Gasteiger partial charge in [-0.2, -0.15) is 0 Å². The van der Waals surface area contributed by atoms with Crippen LogP contribution in [0.3, 0.4) is 0 Å². The van der Waals surface area contributed by atoms with E-state index in [-0.39, 0.29) is 12.1 Å². The lowest BCUT2D eigenvalue weighted by Crippen LogP contribution is -2.35. The number of nitrogens with zero attached hydrogens (tertiary/aromatic N) is 1. The van der Waals surface area contributed by atoms with Gasteiger partial charge in [0.2, 0.25) is 5.91 Å². The minimum absolute atomic E-state index is 0.0249. The number of nitro benzene ring substituents is 1. The Balaban J connectivity index is 2.77. The van der Waals surface area contributed by atoms with Gasteiger partial charge in [0.25, 0.3) is 5.69 Å². The summed E-state index contributed by atoms with van der Waals surface area (Å²) in [6.07, 6.45) is 5.26. The quantitative estimate of drug-likeness (QED) is 0.448. The zero-order chi connectivity index (χ0) is 12.8. The number of nitrogens with one attached hydrogen (secondary N) is 1. The predicted molar refractivity (Wildman–Crippen MR) is 63.2 cm³/mol. The molecule has 0 aliphatic rings. The van der Waals surface area contributed by atoms with Crippen LogP contribution in [0.2, 0.25) is 0 Å². The fraction of sp³-hybridized carbons (Fsp3) is 0.182. The molecule has 3 N–H and O–H groups in total. The van der Waals surface area contributed by atoms with Crippen molar-refractivity contribution in [2.75, 3.05) is 5.32 Å². The molecule has 1 rings (SSSR count). The van der Waals surface area contributed by atoms with Crippen LogP contribution in [-0.4, -0.2) is 16.9 Å². The summed E-state index contributed by atoms with van der Waals surface area (Å²) in [5.41, 5.74) is 5.67. The van der Waals surface area contributed by atoms with Crippen molar-refractivity contribution < 1.29 is 9.72 Å². The van der Waals surface area contributed by atoms with E-state index in [1.807, 2.05) is 0 Å². The molecule has 17 heavy (non-hydrogen) atoms. The van der Waals surface area contributed by atoms with E-state index in [9.17, 15) is 14.9 Å². The van der Waals surface area contributed by atoms with Gasteiger partial charge in [-0.25, -0.2) is 0 Å². The molecule has 0 saturated carbocycles. The lowest BCUT2D eigenvalue weighted by Gasteiger charge is -2.13. The molecule has 6 heteroatoms. The second-order valence-corrected chi connectivity index (χ2v) is 3.31. The van der Waals surface area contributed by atoms with Crippen molar-refractivity contribution in [2.45, 2.75) is 12.5 Å². The van der Waals surface area contributed by atoms with Crippen molar-refractivity contribution in [1.82, 2.24) is 0 Å². The molecular weight excluding hydrogens is 222 g/mol. The molecule has 0 bridgehead atoms. The average molecular weight is 233 g/mol. The Bertz CT molecular complexity index is 462.